The molecule has 18 heavy (non-hydrogen) atoms. The van der Waals surface area contributed by atoms with Crippen LogP contribution in [0.25, 0.3) is 0 Å². The number of likely N-dealkylation sites (N-methyl/N-ethyl adjacent to an activating group) is 1. The molecule has 98 valence electrons. The lowest BCUT2D eigenvalue weighted by atomic mass is 10.2. The van der Waals surface area contributed by atoms with Gasteiger partial charge in [-0.3, -0.25) is 4.79 Å². The van der Waals surface area contributed by atoms with E-state index in [2.05, 4.69) is 15.2 Å². The molecule has 1 aliphatic heterocycles. The van der Waals surface area contributed by atoms with Gasteiger partial charge in [-0.2, -0.15) is 0 Å². The number of anilines is 1. The van der Waals surface area contributed by atoms with Crippen LogP contribution in [-0.2, 0) is 11.3 Å². The average Bonchev–Trinajstić information content (AvgIpc) is 2.86. The number of carbonyl (C=O) groups excluding carboxylic acids is 1. The second-order valence-corrected chi connectivity index (χ2v) is 4.64. The number of aromatic nitrogens is 1. The van der Waals surface area contributed by atoms with Crippen LogP contribution in [0.1, 0.15) is 24.1 Å². The molecule has 0 aliphatic carbocycles. The molecule has 0 saturated carbocycles. The summed E-state index contributed by atoms with van der Waals surface area (Å²) < 4.78 is 0. The maximum Gasteiger partial charge on any atom is 0.242 e. The molecule has 5 nitrogen and oxygen atoms in total. The summed E-state index contributed by atoms with van der Waals surface area (Å²) in [5, 5.41) is 2.72. The van der Waals surface area contributed by atoms with E-state index >= 15 is 0 Å². The molecule has 1 unspecified atom stereocenters. The highest BCUT2D eigenvalue weighted by Crippen LogP contribution is 2.25. The van der Waals surface area contributed by atoms with Gasteiger partial charge < -0.3 is 16.0 Å². The van der Waals surface area contributed by atoms with Crippen molar-refractivity contribution in [3.63, 3.8) is 0 Å². The van der Waals surface area contributed by atoms with Gasteiger partial charge >= 0.3 is 0 Å². The first-order valence-electron chi connectivity index (χ1n) is 6.31. The van der Waals surface area contributed by atoms with E-state index in [1.54, 1.807) is 7.05 Å². The SMILES string of the molecule is CNC(=O)C1CCCN1c1cc(CN)cc(C)n1. The van der Waals surface area contributed by atoms with E-state index in [-0.39, 0.29) is 11.9 Å². The van der Waals surface area contributed by atoms with Gasteiger partial charge in [0.2, 0.25) is 5.91 Å². The number of amides is 1. The number of nitrogens with zero attached hydrogens (tertiary/aromatic N) is 2. The smallest absolute Gasteiger partial charge is 0.242 e. The van der Waals surface area contributed by atoms with Crippen molar-refractivity contribution >= 4 is 11.7 Å². The quantitative estimate of drug-likeness (QED) is 0.820. The van der Waals surface area contributed by atoms with E-state index < -0.39 is 0 Å². The molecule has 1 aromatic rings. The summed E-state index contributed by atoms with van der Waals surface area (Å²) >= 11 is 0. The lowest BCUT2D eigenvalue weighted by molar-refractivity contribution is -0.121. The Hall–Kier alpha value is -1.62. The standard InChI is InChI=1S/C13H20N4O/c1-9-6-10(8-14)7-12(16-9)17-5-3-4-11(17)13(18)15-2/h6-7,11H,3-5,8,14H2,1-2H3,(H,15,18). The third-order valence-electron chi connectivity index (χ3n) is 3.33. The molecule has 1 saturated heterocycles. The molecule has 2 rings (SSSR count). The molecule has 1 fully saturated rings. The van der Waals surface area contributed by atoms with Gasteiger partial charge in [-0.1, -0.05) is 0 Å². The Bertz CT molecular complexity index is 447. The summed E-state index contributed by atoms with van der Waals surface area (Å²) in [5.74, 6) is 0.923. The number of carbonyl (C=O) groups is 1. The number of hydrogen-bond acceptors (Lipinski definition) is 4. The van der Waals surface area contributed by atoms with Crippen molar-refractivity contribution in [3.05, 3.63) is 23.4 Å². The minimum atomic E-state index is -0.102. The zero-order valence-corrected chi connectivity index (χ0v) is 10.9. The number of pyridine rings is 1. The fraction of sp³-hybridized carbons (Fsp3) is 0.538. The number of aryl methyl sites for hydroxylation is 1. The third kappa shape index (κ3) is 2.46. The van der Waals surface area contributed by atoms with Crippen molar-refractivity contribution < 1.29 is 4.79 Å². The molecule has 3 N–H and O–H groups in total. The van der Waals surface area contributed by atoms with Crippen LogP contribution >= 0.6 is 0 Å². The second kappa shape index (κ2) is 5.35. The van der Waals surface area contributed by atoms with Crippen molar-refractivity contribution in [2.75, 3.05) is 18.5 Å². The molecule has 2 heterocycles. The molecule has 1 aliphatic rings. The molecule has 5 heteroatoms. The van der Waals surface area contributed by atoms with Crippen LogP contribution in [-0.4, -0.2) is 30.5 Å². The third-order valence-corrected chi connectivity index (χ3v) is 3.33. The first-order valence-corrected chi connectivity index (χ1v) is 6.31. The highest BCUT2D eigenvalue weighted by Gasteiger charge is 2.31. The zero-order chi connectivity index (χ0) is 13.1. The summed E-state index contributed by atoms with van der Waals surface area (Å²) in [4.78, 5) is 18.4. The Morgan fingerprint density at radius 2 is 2.39 bits per heavy atom. The number of nitrogens with two attached hydrogens (primary N) is 1. The van der Waals surface area contributed by atoms with Gasteiger partial charge in [-0.25, -0.2) is 4.98 Å². The van der Waals surface area contributed by atoms with Crippen LogP contribution in [0.15, 0.2) is 12.1 Å². The van der Waals surface area contributed by atoms with E-state index in [9.17, 15) is 4.79 Å². The van der Waals surface area contributed by atoms with Gasteiger partial charge in [0.1, 0.15) is 11.9 Å². The van der Waals surface area contributed by atoms with Crippen LogP contribution in [0.2, 0.25) is 0 Å². The predicted octanol–water partition coefficient (Wildman–Crippen LogP) is 0.564. The van der Waals surface area contributed by atoms with E-state index in [4.69, 9.17) is 5.73 Å². The predicted molar refractivity (Wildman–Crippen MR) is 71.3 cm³/mol. The average molecular weight is 248 g/mol. The summed E-state index contributed by atoms with van der Waals surface area (Å²) in [5.41, 5.74) is 7.68. The summed E-state index contributed by atoms with van der Waals surface area (Å²) in [6.07, 6.45) is 1.90. The van der Waals surface area contributed by atoms with Crippen LogP contribution in [0, 0.1) is 6.92 Å². The molecular formula is C13H20N4O. The molecule has 0 spiro atoms. The minimum Gasteiger partial charge on any atom is -0.357 e. The van der Waals surface area contributed by atoms with Gasteiger partial charge in [0.05, 0.1) is 0 Å². The van der Waals surface area contributed by atoms with Gasteiger partial charge in [0.25, 0.3) is 0 Å². The van der Waals surface area contributed by atoms with E-state index in [1.165, 1.54) is 0 Å². The Labute approximate surface area is 107 Å². The summed E-state index contributed by atoms with van der Waals surface area (Å²) in [6, 6.07) is 3.86. The van der Waals surface area contributed by atoms with E-state index in [0.717, 1.165) is 36.5 Å². The van der Waals surface area contributed by atoms with Crippen LogP contribution in [0.3, 0.4) is 0 Å². The molecule has 0 aromatic carbocycles. The largest absolute Gasteiger partial charge is 0.357 e. The highest BCUT2D eigenvalue weighted by atomic mass is 16.2. The van der Waals surface area contributed by atoms with Crippen LogP contribution in [0.4, 0.5) is 5.82 Å². The molecule has 0 bridgehead atoms. The molecular weight excluding hydrogens is 228 g/mol. The van der Waals surface area contributed by atoms with Crippen molar-refractivity contribution in [3.8, 4) is 0 Å². The zero-order valence-electron chi connectivity index (χ0n) is 10.9. The van der Waals surface area contributed by atoms with E-state index in [1.807, 2.05) is 19.1 Å². The fourth-order valence-corrected chi connectivity index (χ4v) is 2.47. The van der Waals surface area contributed by atoms with Gasteiger partial charge in [-0.15, -0.1) is 0 Å². The summed E-state index contributed by atoms with van der Waals surface area (Å²) in [7, 11) is 1.67. The Morgan fingerprint density at radius 1 is 1.61 bits per heavy atom. The maximum absolute atomic E-state index is 11.8. The highest BCUT2D eigenvalue weighted by molar-refractivity contribution is 5.85. The van der Waals surface area contributed by atoms with Crippen molar-refractivity contribution in [1.82, 2.24) is 10.3 Å². The summed E-state index contributed by atoms with van der Waals surface area (Å²) in [6.45, 7) is 3.32. The van der Waals surface area contributed by atoms with Gasteiger partial charge in [-0.05, 0) is 37.5 Å². The minimum absolute atomic E-state index is 0.0603. The Kier molecular flexibility index (Phi) is 3.81. The first kappa shape index (κ1) is 12.8. The fourth-order valence-electron chi connectivity index (χ4n) is 2.47. The van der Waals surface area contributed by atoms with Crippen molar-refractivity contribution in [2.24, 2.45) is 5.73 Å². The number of hydrogen-bond donors (Lipinski definition) is 2. The number of nitrogens with one attached hydrogen (secondary N) is 1. The monoisotopic (exact) mass is 248 g/mol. The maximum atomic E-state index is 11.8. The lowest BCUT2D eigenvalue weighted by Gasteiger charge is -2.25. The second-order valence-electron chi connectivity index (χ2n) is 4.64. The van der Waals surface area contributed by atoms with Gasteiger partial charge in [0, 0.05) is 25.8 Å². The van der Waals surface area contributed by atoms with Crippen molar-refractivity contribution in [2.45, 2.75) is 32.4 Å². The Balaban J connectivity index is 2.29. The molecule has 0 radical (unpaired) electrons. The van der Waals surface area contributed by atoms with Crippen molar-refractivity contribution in [1.29, 1.82) is 0 Å². The first-order chi connectivity index (χ1) is 8.65. The molecule has 1 amide bonds. The molecule has 1 atom stereocenters. The van der Waals surface area contributed by atoms with Crippen LogP contribution in [0.5, 0.6) is 0 Å². The van der Waals surface area contributed by atoms with Crippen LogP contribution < -0.4 is 16.0 Å². The molecule has 1 aromatic heterocycles. The normalized spacial score (nSPS) is 19.1. The van der Waals surface area contributed by atoms with Gasteiger partial charge in [0.15, 0.2) is 0 Å². The number of rotatable bonds is 3. The topological polar surface area (TPSA) is 71.2 Å². The lowest BCUT2D eigenvalue weighted by Crippen LogP contribution is -2.42. The van der Waals surface area contributed by atoms with E-state index in [0.29, 0.717) is 6.54 Å². The Morgan fingerprint density at radius 3 is 3.06 bits per heavy atom.